The van der Waals surface area contributed by atoms with Gasteiger partial charge < -0.3 is 24.4 Å². The van der Waals surface area contributed by atoms with E-state index in [4.69, 9.17) is 29.3 Å². The molecule has 454 valence electrons. The van der Waals surface area contributed by atoms with E-state index in [1.165, 1.54) is 99.2 Å². The second-order valence-corrected chi connectivity index (χ2v) is 30.2. The second kappa shape index (κ2) is 28.8. The van der Waals surface area contributed by atoms with Crippen molar-refractivity contribution in [2.24, 2.45) is 71.0 Å². The molecule has 16 heteroatoms. The van der Waals surface area contributed by atoms with Crippen LogP contribution in [0.4, 0.5) is 0 Å². The topological polar surface area (TPSA) is 188 Å². The molecule has 4 aromatic carbocycles. The van der Waals surface area contributed by atoms with E-state index < -0.39 is 11.9 Å². The molecule has 14 atom stereocenters. The van der Waals surface area contributed by atoms with Gasteiger partial charge in [0.2, 0.25) is 0 Å². The molecule has 0 amide bonds. The van der Waals surface area contributed by atoms with Crippen LogP contribution in [0.1, 0.15) is 139 Å². The van der Waals surface area contributed by atoms with Crippen molar-refractivity contribution in [1.29, 1.82) is 0 Å². The number of hydrogen-bond acceptors (Lipinski definition) is 10. The maximum Gasteiger partial charge on any atom is 0.318 e. The van der Waals surface area contributed by atoms with Gasteiger partial charge in [-0.1, -0.05) is 138 Å². The number of halogens is 2. The molecule has 12 nitrogen and oxygen atoms in total. The first-order valence-electron chi connectivity index (χ1n) is 30.3. The second-order valence-electron chi connectivity index (χ2n) is 24.9. The van der Waals surface area contributed by atoms with E-state index in [1.54, 1.807) is 5.30 Å². The number of benzene rings is 4. The molecular weight excluding hydrogens is 1410 g/mol. The number of aryl methyl sites for hydroxylation is 1. The minimum Gasteiger partial charge on any atom is -0.481 e. The molecule has 4 aromatic rings. The fourth-order valence-corrected chi connectivity index (χ4v) is 21.4. The fourth-order valence-electron chi connectivity index (χ4n) is 16.8. The maximum absolute atomic E-state index is 12.2. The van der Waals surface area contributed by atoms with Crippen molar-refractivity contribution in [2.45, 2.75) is 140 Å². The summed E-state index contributed by atoms with van der Waals surface area (Å²) in [6.45, 7) is 8.46. The third-order valence-electron chi connectivity index (χ3n) is 20.0. The number of carboxylic acids is 2. The molecule has 8 aliphatic carbocycles. The van der Waals surface area contributed by atoms with E-state index in [9.17, 15) is 24.0 Å². The molecule has 0 aromatic heterocycles. The van der Waals surface area contributed by atoms with Gasteiger partial charge in [-0.15, -0.1) is 0 Å². The summed E-state index contributed by atoms with van der Waals surface area (Å²) in [5, 5.41) is 16.6. The first kappa shape index (κ1) is 65.1. The van der Waals surface area contributed by atoms with Crippen molar-refractivity contribution >= 4 is 100 Å². The Labute approximate surface area is 541 Å². The number of fused-ring (bicyclic) bond motifs is 15. The molecule has 10 fully saturated rings. The Kier molecular flexibility index (Phi) is 22.1. The summed E-state index contributed by atoms with van der Waals surface area (Å²) >= 11 is 4.59. The van der Waals surface area contributed by atoms with E-state index in [1.807, 2.05) is 12.2 Å². The Morgan fingerprint density at radius 1 is 0.494 bits per heavy atom. The van der Waals surface area contributed by atoms with Gasteiger partial charge in [0.1, 0.15) is 5.76 Å². The van der Waals surface area contributed by atoms with Gasteiger partial charge in [-0.3, -0.25) is 33.6 Å². The molecule has 85 heavy (non-hydrogen) atoms. The fraction of sp³-hybridized carbons (Fsp3) is 0.493. The molecule has 11 aliphatic rings. The number of carboxylic acid groups (broad SMARTS) is 2. The number of cyclic esters (lactones) is 5. The van der Waals surface area contributed by atoms with Gasteiger partial charge >= 0.3 is 29.8 Å². The zero-order valence-corrected chi connectivity index (χ0v) is 55.2. The molecular formula is C69H77I2O12PPd. The van der Waals surface area contributed by atoms with Gasteiger partial charge in [-0.2, -0.15) is 0 Å². The van der Waals surface area contributed by atoms with Crippen molar-refractivity contribution in [3.63, 3.8) is 0 Å². The van der Waals surface area contributed by atoms with Crippen molar-refractivity contribution < 1.29 is 78.4 Å². The van der Waals surface area contributed by atoms with Gasteiger partial charge in [0.25, 0.3) is 11.9 Å². The third kappa shape index (κ3) is 14.4. The standard InChI is InChI=1S/C25H24O5.C25H33P.C9H8O3.C6H4I2.2C2H4O2.Pd/c1-10-19-17-8-13(20(19)23(26)29-10)6-15(17)11-2-4-12(5-3-11)16-7-14-9-18(16)22-21(14)24(27)30-25(22)28;1-20-12-8-9-17-23(20)24-18-10-11-19-25(24)26(21-13-4-2-5-14-21)22-15-6-3-7-16-22;10-8-6-4-1-2-5(3-4)7(6)9(11)12-8;7-5-1-2-6(8)4-3-5;2*1-2(3)4;/h2-5,13-22H,1,6-9H2;8-12,17-19,21-22H,2-7,13-16H2,1H3;1-2,4-7H,3H2;1-4H;2*1H3,(H,3,4);. The van der Waals surface area contributed by atoms with E-state index in [0.29, 0.717) is 29.4 Å². The predicted molar refractivity (Wildman–Crippen MR) is 339 cm³/mol. The zero-order valence-electron chi connectivity index (χ0n) is 48.4. The summed E-state index contributed by atoms with van der Waals surface area (Å²) < 4.78 is 17.5. The Morgan fingerprint density at radius 2 is 0.882 bits per heavy atom. The van der Waals surface area contributed by atoms with Gasteiger partial charge in [0.15, 0.2) is 0 Å². The van der Waals surface area contributed by atoms with Crippen molar-refractivity contribution in [1.82, 2.24) is 0 Å². The maximum atomic E-state index is 12.2. The average molecular weight is 1490 g/mol. The number of carbonyl (C=O) groups excluding carboxylic acids is 5. The van der Waals surface area contributed by atoms with Crippen molar-refractivity contribution in [2.75, 3.05) is 0 Å². The number of esters is 5. The Bertz CT molecular complexity index is 2980. The smallest absolute Gasteiger partial charge is 0.318 e. The van der Waals surface area contributed by atoms with Crippen LogP contribution in [0.3, 0.4) is 0 Å². The number of carbonyl (C=O) groups is 7. The van der Waals surface area contributed by atoms with Crippen LogP contribution in [0.15, 0.2) is 122 Å². The van der Waals surface area contributed by atoms with Crippen LogP contribution >= 0.6 is 53.1 Å². The molecule has 0 spiro atoms. The quantitative estimate of drug-likeness (QED) is 0.0354. The summed E-state index contributed by atoms with van der Waals surface area (Å²) in [4.78, 5) is 76.7. The molecule has 3 saturated heterocycles. The van der Waals surface area contributed by atoms with Gasteiger partial charge in [-0.05, 0) is 226 Å². The minimum atomic E-state index is -0.833. The van der Waals surface area contributed by atoms with Crippen molar-refractivity contribution in [3.8, 4) is 11.1 Å². The first-order valence-corrected chi connectivity index (χ1v) is 33.9. The number of aliphatic carboxylic acids is 2. The van der Waals surface area contributed by atoms with Crippen LogP contribution in [0, 0.1) is 85.1 Å². The molecule has 3 aliphatic heterocycles. The van der Waals surface area contributed by atoms with Crippen LogP contribution in [0.5, 0.6) is 0 Å². The summed E-state index contributed by atoms with van der Waals surface area (Å²) in [5.41, 5.74) is 8.96. The molecule has 3 heterocycles. The van der Waals surface area contributed by atoms with Gasteiger partial charge in [-0.25, -0.2) is 0 Å². The average Bonchev–Trinajstić information content (AvgIpc) is 2.15. The number of hydrogen-bond donors (Lipinski definition) is 2. The number of rotatable bonds is 6. The van der Waals surface area contributed by atoms with Crippen LogP contribution in [-0.4, -0.2) is 63.3 Å². The molecule has 15 rings (SSSR count). The van der Waals surface area contributed by atoms with Crippen LogP contribution in [0.2, 0.25) is 0 Å². The number of allylic oxidation sites excluding steroid dienone is 3. The van der Waals surface area contributed by atoms with Crippen LogP contribution < -0.4 is 5.30 Å². The van der Waals surface area contributed by atoms with Crippen LogP contribution in [-0.2, 0) is 68.2 Å². The van der Waals surface area contributed by atoms with E-state index in [-0.39, 0.29) is 117 Å². The zero-order chi connectivity index (χ0) is 59.5. The predicted octanol–water partition coefficient (Wildman–Crippen LogP) is 14.6. The molecule has 7 saturated carbocycles. The summed E-state index contributed by atoms with van der Waals surface area (Å²) in [6.07, 6.45) is 23.8. The third-order valence-corrected chi connectivity index (χ3v) is 25.0. The SMILES string of the molecule is C=C1OC(=O)C2C3CC(c4ccc(C5CC6CC5C5C(=O)OC(=O)C65)cc4)C(C3)C12.CC(=O)O.CC(=O)O.Cc1ccccc1-c1ccccc1P(C1CCCCC1)C1CCCCC1.Ic1ccc(I)cc1.O=C1OC(=O)C2C3C=CC(C3)C12.[Pd]. The molecule has 14 unspecified atom stereocenters. The van der Waals surface area contributed by atoms with E-state index in [2.05, 4.69) is 160 Å². The van der Waals surface area contributed by atoms with Gasteiger partial charge in [0, 0.05) is 47.3 Å². The van der Waals surface area contributed by atoms with Crippen molar-refractivity contribution in [3.05, 3.63) is 145 Å². The largest absolute Gasteiger partial charge is 0.481 e. The Balaban J connectivity index is 0.000000141. The number of ether oxygens (including phenoxy) is 3. The normalized spacial score (nSPS) is 31.1. The Hall–Kier alpha value is -4.40. The molecule has 0 radical (unpaired) electrons. The molecule has 2 N–H and O–H groups in total. The van der Waals surface area contributed by atoms with Gasteiger partial charge in [0.05, 0.1) is 29.6 Å². The first-order chi connectivity index (χ1) is 40.4. The van der Waals surface area contributed by atoms with E-state index >= 15 is 0 Å². The monoisotopic (exact) mass is 1490 g/mol. The molecule has 6 bridgehead atoms. The summed E-state index contributed by atoms with van der Waals surface area (Å²) in [5.74, 6) is 0.00644. The van der Waals surface area contributed by atoms with E-state index in [0.717, 1.165) is 57.3 Å². The Morgan fingerprint density at radius 3 is 1.35 bits per heavy atom. The van der Waals surface area contributed by atoms with Crippen LogP contribution in [0.25, 0.3) is 11.1 Å². The summed E-state index contributed by atoms with van der Waals surface area (Å²) in [7, 11) is -0.0489. The summed E-state index contributed by atoms with van der Waals surface area (Å²) in [6, 6.07) is 35.8. The minimum absolute atomic E-state index is 0.